The third-order valence-corrected chi connectivity index (χ3v) is 5.69. The Morgan fingerprint density at radius 2 is 1.70 bits per heavy atom. The first-order valence-corrected chi connectivity index (χ1v) is 9.10. The Bertz CT molecular complexity index is 908. The fourth-order valence-corrected chi connectivity index (χ4v) is 3.87. The molecule has 1 heterocycles. The van der Waals surface area contributed by atoms with Crippen molar-refractivity contribution in [3.63, 3.8) is 0 Å². The summed E-state index contributed by atoms with van der Waals surface area (Å²) in [6.45, 7) is 0. The van der Waals surface area contributed by atoms with Crippen LogP contribution in [0.5, 0.6) is 11.8 Å². The summed E-state index contributed by atoms with van der Waals surface area (Å²) < 4.78 is 76.8. The maximum absolute atomic E-state index is 13.7. The smallest absolute Gasteiger partial charge is 0.409 e. The maximum Gasteiger partial charge on any atom is 0.409 e. The van der Waals surface area contributed by atoms with Crippen LogP contribution >= 0.6 is 11.6 Å². The number of nitrogens with zero attached hydrogens (tertiary/aromatic N) is 3. The van der Waals surface area contributed by atoms with Crippen LogP contribution in [0.3, 0.4) is 0 Å². The van der Waals surface area contributed by atoms with Gasteiger partial charge in [0.15, 0.2) is 4.90 Å². The second-order valence-corrected chi connectivity index (χ2v) is 7.68. The van der Waals surface area contributed by atoms with Crippen molar-refractivity contribution in [3.05, 3.63) is 40.9 Å². The molecule has 0 bridgehead atoms. The standard InChI is InChI=1S/C15H15ClF3N3O4S/c1-22(13(15(17,18)19)9-4-6-10(16)7-5-9)27(23,24)11-8-12(25-2)20-21-14(11)26-3/h4-8,13H,1-3H3. The zero-order chi connectivity index (χ0) is 20.4. The monoisotopic (exact) mass is 425 g/mol. The van der Waals surface area contributed by atoms with Crippen LogP contribution in [0.15, 0.2) is 35.2 Å². The number of rotatable bonds is 6. The molecule has 148 valence electrons. The molecule has 0 saturated carbocycles. The average Bonchev–Trinajstić information content (AvgIpc) is 2.61. The summed E-state index contributed by atoms with van der Waals surface area (Å²) in [5.41, 5.74) is -0.300. The quantitative estimate of drug-likeness (QED) is 0.707. The van der Waals surface area contributed by atoms with E-state index < -0.39 is 33.0 Å². The zero-order valence-electron chi connectivity index (χ0n) is 14.4. The van der Waals surface area contributed by atoms with E-state index >= 15 is 0 Å². The van der Waals surface area contributed by atoms with E-state index in [1.165, 1.54) is 19.2 Å². The van der Waals surface area contributed by atoms with Gasteiger partial charge < -0.3 is 9.47 Å². The van der Waals surface area contributed by atoms with Crippen molar-refractivity contribution in [2.24, 2.45) is 0 Å². The van der Waals surface area contributed by atoms with E-state index in [9.17, 15) is 21.6 Å². The van der Waals surface area contributed by atoms with Gasteiger partial charge in [-0.3, -0.25) is 0 Å². The molecule has 2 rings (SSSR count). The van der Waals surface area contributed by atoms with E-state index in [0.717, 1.165) is 32.4 Å². The van der Waals surface area contributed by atoms with Crippen LogP contribution in [0.4, 0.5) is 13.2 Å². The van der Waals surface area contributed by atoms with Gasteiger partial charge in [-0.25, -0.2) is 8.42 Å². The Labute approximate surface area is 158 Å². The van der Waals surface area contributed by atoms with E-state index in [2.05, 4.69) is 10.2 Å². The summed E-state index contributed by atoms with van der Waals surface area (Å²) >= 11 is 5.71. The van der Waals surface area contributed by atoms with Gasteiger partial charge in [-0.15, -0.1) is 10.2 Å². The Morgan fingerprint density at radius 1 is 1.11 bits per heavy atom. The summed E-state index contributed by atoms with van der Waals surface area (Å²) in [7, 11) is -1.54. The predicted molar refractivity (Wildman–Crippen MR) is 90.3 cm³/mol. The minimum Gasteiger partial charge on any atom is -0.480 e. The Balaban J connectivity index is 2.60. The van der Waals surface area contributed by atoms with Crippen LogP contribution in [0.1, 0.15) is 11.6 Å². The molecule has 0 spiro atoms. The highest BCUT2D eigenvalue weighted by molar-refractivity contribution is 7.89. The summed E-state index contributed by atoms with van der Waals surface area (Å²) in [5.74, 6) is -0.655. The van der Waals surface area contributed by atoms with Crippen LogP contribution in [0, 0.1) is 0 Å². The molecule has 0 aliphatic rings. The van der Waals surface area contributed by atoms with Crippen molar-refractivity contribution in [2.75, 3.05) is 21.3 Å². The molecular weight excluding hydrogens is 411 g/mol. The van der Waals surface area contributed by atoms with Gasteiger partial charge in [0.05, 0.1) is 14.2 Å². The first-order valence-electron chi connectivity index (χ1n) is 7.28. The maximum atomic E-state index is 13.7. The first kappa shape index (κ1) is 21.2. The molecule has 12 heteroatoms. The van der Waals surface area contributed by atoms with Crippen molar-refractivity contribution >= 4 is 21.6 Å². The molecule has 1 atom stereocenters. The molecule has 2 aromatic rings. The normalized spacial score (nSPS) is 13.5. The highest BCUT2D eigenvalue weighted by atomic mass is 35.5. The lowest BCUT2D eigenvalue weighted by atomic mass is 10.1. The summed E-state index contributed by atoms with van der Waals surface area (Å²) in [6.07, 6.45) is -4.90. The van der Waals surface area contributed by atoms with Gasteiger partial charge in [0, 0.05) is 18.1 Å². The fourth-order valence-electron chi connectivity index (χ4n) is 2.32. The minimum absolute atomic E-state index is 0.190. The number of sulfonamides is 1. The number of aromatic nitrogens is 2. The van der Waals surface area contributed by atoms with Crippen molar-refractivity contribution in [1.82, 2.24) is 14.5 Å². The van der Waals surface area contributed by atoms with Crippen LogP contribution in [0.25, 0.3) is 0 Å². The van der Waals surface area contributed by atoms with E-state index in [-0.39, 0.29) is 20.8 Å². The van der Waals surface area contributed by atoms with Crippen molar-refractivity contribution in [3.8, 4) is 11.8 Å². The minimum atomic E-state index is -4.90. The lowest BCUT2D eigenvalue weighted by Gasteiger charge is -2.29. The number of hydrogen-bond acceptors (Lipinski definition) is 6. The van der Waals surface area contributed by atoms with E-state index in [0.29, 0.717) is 0 Å². The van der Waals surface area contributed by atoms with Crippen LogP contribution < -0.4 is 9.47 Å². The Morgan fingerprint density at radius 3 is 2.19 bits per heavy atom. The molecule has 1 aromatic carbocycles. The van der Waals surface area contributed by atoms with Crippen molar-refractivity contribution < 1.29 is 31.1 Å². The largest absolute Gasteiger partial charge is 0.480 e. The van der Waals surface area contributed by atoms with Gasteiger partial charge >= 0.3 is 6.18 Å². The number of benzene rings is 1. The van der Waals surface area contributed by atoms with Gasteiger partial charge in [0.2, 0.25) is 15.9 Å². The van der Waals surface area contributed by atoms with Gasteiger partial charge in [0.25, 0.3) is 5.88 Å². The molecule has 0 aliphatic heterocycles. The first-order chi connectivity index (χ1) is 12.5. The van der Waals surface area contributed by atoms with Crippen LogP contribution in [-0.2, 0) is 10.0 Å². The SMILES string of the molecule is COc1cc(S(=O)(=O)N(C)C(c2ccc(Cl)cc2)C(F)(F)F)c(OC)nn1. The molecule has 0 radical (unpaired) electrons. The van der Waals surface area contributed by atoms with E-state index in [1.807, 2.05) is 0 Å². The van der Waals surface area contributed by atoms with Crippen LogP contribution in [-0.4, -0.2) is 50.4 Å². The zero-order valence-corrected chi connectivity index (χ0v) is 15.9. The molecule has 7 nitrogen and oxygen atoms in total. The highest BCUT2D eigenvalue weighted by Gasteiger charge is 2.48. The number of alkyl halides is 3. The molecule has 0 fully saturated rings. The Kier molecular flexibility index (Phi) is 6.17. The van der Waals surface area contributed by atoms with Crippen molar-refractivity contribution in [2.45, 2.75) is 17.1 Å². The molecule has 0 N–H and O–H groups in total. The fraction of sp³-hybridized carbons (Fsp3) is 0.333. The lowest BCUT2D eigenvalue weighted by molar-refractivity contribution is -0.171. The van der Waals surface area contributed by atoms with Crippen molar-refractivity contribution in [1.29, 1.82) is 0 Å². The summed E-state index contributed by atoms with van der Waals surface area (Å²) in [6, 6.07) is 3.18. The molecule has 0 aliphatic carbocycles. The third kappa shape index (κ3) is 4.42. The summed E-state index contributed by atoms with van der Waals surface area (Å²) in [5, 5.41) is 7.28. The number of methoxy groups -OCH3 is 2. The molecule has 1 unspecified atom stereocenters. The average molecular weight is 426 g/mol. The number of halogens is 4. The van der Waals surface area contributed by atoms with E-state index in [4.69, 9.17) is 21.1 Å². The summed E-state index contributed by atoms with van der Waals surface area (Å²) in [4.78, 5) is -0.609. The molecule has 0 amide bonds. The predicted octanol–water partition coefficient (Wildman–Crippen LogP) is 3.07. The number of hydrogen-bond donors (Lipinski definition) is 0. The Hall–Kier alpha value is -2.11. The number of ether oxygens (including phenoxy) is 2. The third-order valence-electron chi connectivity index (χ3n) is 3.62. The lowest BCUT2D eigenvalue weighted by Crippen LogP contribution is -2.40. The van der Waals surface area contributed by atoms with Gasteiger partial charge in [0.1, 0.15) is 6.04 Å². The molecular formula is C15H15ClF3N3O4S. The highest BCUT2D eigenvalue weighted by Crippen LogP contribution is 2.41. The van der Waals surface area contributed by atoms with E-state index in [1.54, 1.807) is 0 Å². The second kappa shape index (κ2) is 7.87. The van der Waals surface area contributed by atoms with Gasteiger partial charge in [-0.1, -0.05) is 23.7 Å². The molecule has 27 heavy (non-hydrogen) atoms. The second-order valence-electron chi connectivity index (χ2n) is 5.28. The van der Waals surface area contributed by atoms with Gasteiger partial charge in [-0.2, -0.15) is 17.5 Å². The van der Waals surface area contributed by atoms with Crippen LogP contribution in [0.2, 0.25) is 5.02 Å². The topological polar surface area (TPSA) is 81.6 Å². The molecule has 0 saturated heterocycles. The van der Waals surface area contributed by atoms with Gasteiger partial charge in [-0.05, 0) is 17.7 Å². The molecule has 1 aromatic heterocycles.